The number of carboxylic acid groups (broad SMARTS) is 1. The van der Waals surface area contributed by atoms with Crippen molar-refractivity contribution < 1.29 is 23.1 Å². The fourth-order valence-corrected chi connectivity index (χ4v) is 0.952. The van der Waals surface area contributed by atoms with Crippen LogP contribution in [0.5, 0.6) is 0 Å². The van der Waals surface area contributed by atoms with Crippen LogP contribution in [0.15, 0.2) is 18.5 Å². The molecule has 0 aliphatic heterocycles. The number of hydrogen-bond acceptors (Lipinski definition) is 2. The fraction of sp³-hybridized carbons (Fsp3) is 0.250. The van der Waals surface area contributed by atoms with Crippen molar-refractivity contribution in [3.8, 4) is 0 Å². The Hall–Kier alpha value is -1.79. The average Bonchev–Trinajstić information content (AvgIpc) is 2.45. The van der Waals surface area contributed by atoms with Gasteiger partial charge in [0.25, 0.3) is 0 Å². The Morgan fingerprint density at radius 2 is 2.27 bits per heavy atom. The molecule has 0 saturated heterocycles. The summed E-state index contributed by atoms with van der Waals surface area (Å²) in [6.45, 7) is -1.19. The molecule has 0 aliphatic rings. The van der Waals surface area contributed by atoms with Crippen LogP contribution in [0.4, 0.5) is 13.2 Å². The standard InChI is InChI=1S/C8H7F3N2O2/c9-8(10,11)5-13-4-3-12-6(13)1-2-7(14)15/h1-4H,5H2,(H,14,15)/b2-1+. The van der Waals surface area contributed by atoms with E-state index in [9.17, 15) is 18.0 Å². The Morgan fingerprint density at radius 3 is 2.80 bits per heavy atom. The van der Waals surface area contributed by atoms with Gasteiger partial charge in [0.05, 0.1) is 0 Å². The van der Waals surface area contributed by atoms with Crippen molar-refractivity contribution >= 4 is 12.0 Å². The smallest absolute Gasteiger partial charge is 0.406 e. The molecule has 82 valence electrons. The minimum atomic E-state index is -4.35. The lowest BCUT2D eigenvalue weighted by Gasteiger charge is -2.08. The van der Waals surface area contributed by atoms with Crippen LogP contribution in [0.3, 0.4) is 0 Å². The molecule has 4 nitrogen and oxygen atoms in total. The van der Waals surface area contributed by atoms with E-state index in [0.29, 0.717) is 0 Å². The number of carboxylic acids is 1. The summed E-state index contributed by atoms with van der Waals surface area (Å²) in [5, 5.41) is 8.29. The van der Waals surface area contributed by atoms with Crippen LogP contribution in [0.1, 0.15) is 5.82 Å². The summed E-state index contributed by atoms with van der Waals surface area (Å²) in [6, 6.07) is 0. The molecule has 0 saturated carbocycles. The number of nitrogens with zero attached hydrogens (tertiary/aromatic N) is 2. The van der Waals surface area contributed by atoms with Gasteiger partial charge in [-0.1, -0.05) is 0 Å². The van der Waals surface area contributed by atoms with Crippen molar-refractivity contribution in [1.82, 2.24) is 9.55 Å². The van der Waals surface area contributed by atoms with Gasteiger partial charge in [-0.2, -0.15) is 13.2 Å². The lowest BCUT2D eigenvalue weighted by molar-refractivity contribution is -0.140. The molecule has 0 aliphatic carbocycles. The number of halogens is 3. The Balaban J connectivity index is 2.83. The van der Waals surface area contributed by atoms with Crippen molar-refractivity contribution in [1.29, 1.82) is 0 Å². The average molecular weight is 220 g/mol. The van der Waals surface area contributed by atoms with E-state index in [4.69, 9.17) is 5.11 Å². The van der Waals surface area contributed by atoms with Gasteiger partial charge in [-0.05, 0) is 6.08 Å². The predicted molar refractivity (Wildman–Crippen MR) is 45.0 cm³/mol. The Bertz CT molecular complexity index is 381. The number of rotatable bonds is 3. The monoisotopic (exact) mass is 220 g/mol. The molecule has 1 heterocycles. The maximum atomic E-state index is 12.0. The first-order valence-corrected chi connectivity index (χ1v) is 3.87. The Kier molecular flexibility index (Phi) is 3.13. The molecule has 1 rings (SSSR count). The highest BCUT2D eigenvalue weighted by Crippen LogP contribution is 2.18. The number of alkyl halides is 3. The van der Waals surface area contributed by atoms with Crippen LogP contribution in [-0.4, -0.2) is 26.8 Å². The molecule has 0 radical (unpaired) electrons. The van der Waals surface area contributed by atoms with Gasteiger partial charge in [0.15, 0.2) is 0 Å². The third-order valence-corrected chi connectivity index (χ3v) is 1.47. The van der Waals surface area contributed by atoms with Gasteiger partial charge in [-0.25, -0.2) is 9.78 Å². The summed E-state index contributed by atoms with van der Waals surface area (Å²) < 4.78 is 36.8. The fourth-order valence-electron chi connectivity index (χ4n) is 0.952. The number of hydrogen-bond donors (Lipinski definition) is 1. The van der Waals surface area contributed by atoms with E-state index in [1.807, 2.05) is 0 Å². The quantitative estimate of drug-likeness (QED) is 0.786. The molecule has 0 fully saturated rings. The molecular weight excluding hydrogens is 213 g/mol. The maximum Gasteiger partial charge on any atom is 0.406 e. The van der Waals surface area contributed by atoms with Crippen molar-refractivity contribution in [2.24, 2.45) is 0 Å². The highest BCUT2D eigenvalue weighted by atomic mass is 19.4. The minimum absolute atomic E-state index is 0.0466. The highest BCUT2D eigenvalue weighted by Gasteiger charge is 2.28. The molecule has 7 heteroatoms. The van der Waals surface area contributed by atoms with Crippen LogP contribution in [0.25, 0.3) is 6.08 Å². The molecule has 0 spiro atoms. The zero-order chi connectivity index (χ0) is 11.5. The van der Waals surface area contributed by atoms with Crippen molar-refractivity contribution in [3.05, 3.63) is 24.3 Å². The third-order valence-electron chi connectivity index (χ3n) is 1.47. The van der Waals surface area contributed by atoms with E-state index in [-0.39, 0.29) is 5.82 Å². The first-order chi connectivity index (χ1) is 6.88. The number of aromatic nitrogens is 2. The lowest BCUT2D eigenvalue weighted by Crippen LogP contribution is -2.18. The molecule has 0 bridgehead atoms. The van der Waals surface area contributed by atoms with Crippen LogP contribution >= 0.6 is 0 Å². The van der Waals surface area contributed by atoms with E-state index in [1.165, 1.54) is 6.20 Å². The molecule has 1 aromatic heterocycles. The van der Waals surface area contributed by atoms with E-state index in [2.05, 4.69) is 4.98 Å². The summed E-state index contributed by atoms with van der Waals surface area (Å²) in [4.78, 5) is 13.7. The molecule has 0 amide bonds. The first-order valence-electron chi connectivity index (χ1n) is 3.87. The van der Waals surface area contributed by atoms with Crippen LogP contribution in [-0.2, 0) is 11.3 Å². The lowest BCUT2D eigenvalue weighted by atomic mass is 10.4. The first kappa shape index (κ1) is 11.3. The molecular formula is C8H7F3N2O2. The Labute approximate surface area is 82.7 Å². The summed E-state index contributed by atoms with van der Waals surface area (Å²) in [6.07, 6.45) is -0.307. The maximum absolute atomic E-state index is 12.0. The normalized spacial score (nSPS) is 12.2. The van der Waals surface area contributed by atoms with Crippen LogP contribution in [0.2, 0.25) is 0 Å². The predicted octanol–water partition coefficient (Wildman–Crippen LogP) is 1.54. The van der Waals surface area contributed by atoms with Crippen LogP contribution in [0, 0.1) is 0 Å². The zero-order valence-corrected chi connectivity index (χ0v) is 7.40. The topological polar surface area (TPSA) is 55.1 Å². The zero-order valence-electron chi connectivity index (χ0n) is 7.40. The number of aliphatic carboxylic acids is 1. The van der Waals surface area contributed by atoms with Gasteiger partial charge < -0.3 is 9.67 Å². The number of imidazole rings is 1. The van der Waals surface area contributed by atoms with Gasteiger partial charge in [-0.3, -0.25) is 0 Å². The second kappa shape index (κ2) is 4.16. The van der Waals surface area contributed by atoms with Crippen molar-refractivity contribution in [2.75, 3.05) is 0 Å². The van der Waals surface area contributed by atoms with Crippen molar-refractivity contribution in [2.45, 2.75) is 12.7 Å². The summed E-state index contributed by atoms with van der Waals surface area (Å²) >= 11 is 0. The molecule has 0 atom stereocenters. The highest BCUT2D eigenvalue weighted by molar-refractivity contribution is 5.84. The van der Waals surface area contributed by atoms with Gasteiger partial charge in [-0.15, -0.1) is 0 Å². The molecule has 0 unspecified atom stereocenters. The summed E-state index contributed by atoms with van der Waals surface area (Å²) in [7, 11) is 0. The molecule has 1 aromatic rings. The van der Waals surface area contributed by atoms with Gasteiger partial charge in [0, 0.05) is 18.5 Å². The third kappa shape index (κ3) is 3.84. The molecule has 1 N–H and O–H groups in total. The van der Waals surface area contributed by atoms with E-state index >= 15 is 0 Å². The van der Waals surface area contributed by atoms with E-state index < -0.39 is 18.7 Å². The van der Waals surface area contributed by atoms with Gasteiger partial charge in [0.1, 0.15) is 12.4 Å². The molecule has 0 aromatic carbocycles. The van der Waals surface area contributed by atoms with E-state index in [0.717, 1.165) is 22.9 Å². The van der Waals surface area contributed by atoms with E-state index in [1.54, 1.807) is 0 Å². The minimum Gasteiger partial charge on any atom is -0.478 e. The SMILES string of the molecule is O=C(O)/C=C/c1nccn1CC(F)(F)F. The summed E-state index contributed by atoms with van der Waals surface area (Å²) in [5.41, 5.74) is 0. The molecule has 15 heavy (non-hydrogen) atoms. The van der Waals surface area contributed by atoms with Crippen LogP contribution < -0.4 is 0 Å². The van der Waals surface area contributed by atoms with Gasteiger partial charge >= 0.3 is 12.1 Å². The number of carbonyl (C=O) groups is 1. The van der Waals surface area contributed by atoms with Crippen molar-refractivity contribution in [3.63, 3.8) is 0 Å². The van der Waals surface area contributed by atoms with Gasteiger partial charge in [0.2, 0.25) is 0 Å². The second-order valence-electron chi connectivity index (χ2n) is 2.70. The second-order valence-corrected chi connectivity index (χ2v) is 2.70. The Morgan fingerprint density at radius 1 is 1.60 bits per heavy atom. The summed E-state index contributed by atoms with van der Waals surface area (Å²) in [5.74, 6) is -1.29. The largest absolute Gasteiger partial charge is 0.478 e.